The van der Waals surface area contributed by atoms with E-state index in [0.717, 1.165) is 18.2 Å². The van der Waals surface area contributed by atoms with Crippen molar-refractivity contribution >= 4 is 0 Å². The van der Waals surface area contributed by atoms with E-state index in [9.17, 15) is 22.0 Å². The van der Waals surface area contributed by atoms with Gasteiger partial charge in [0.2, 0.25) is 0 Å². The molecule has 2 aromatic carbocycles. The lowest BCUT2D eigenvalue weighted by atomic mass is 9.97. The van der Waals surface area contributed by atoms with Crippen molar-refractivity contribution in [2.75, 3.05) is 0 Å². The highest BCUT2D eigenvalue weighted by molar-refractivity contribution is 5.68. The summed E-state index contributed by atoms with van der Waals surface area (Å²) in [4.78, 5) is 0. The molecule has 0 amide bonds. The topological polar surface area (TPSA) is 26.0 Å². The second-order valence-corrected chi connectivity index (χ2v) is 4.20. The average molecular weight is 287 g/mol. The molecule has 0 radical (unpaired) electrons. The first-order valence-electron chi connectivity index (χ1n) is 5.68. The van der Waals surface area contributed by atoms with Crippen molar-refractivity contribution in [2.24, 2.45) is 5.73 Å². The van der Waals surface area contributed by atoms with Crippen LogP contribution in [-0.4, -0.2) is 0 Å². The van der Waals surface area contributed by atoms with E-state index in [1.807, 2.05) is 0 Å². The average Bonchev–Trinajstić information content (AvgIpc) is 2.38. The number of hydrogen-bond acceptors (Lipinski definition) is 1. The van der Waals surface area contributed by atoms with Gasteiger partial charge in [-0.1, -0.05) is 12.1 Å². The predicted octanol–water partition coefficient (Wildman–Crippen LogP) is 4.11. The van der Waals surface area contributed by atoms with Gasteiger partial charge in [-0.25, -0.2) is 8.78 Å². The fourth-order valence-electron chi connectivity index (χ4n) is 1.92. The molecule has 0 aromatic heterocycles. The van der Waals surface area contributed by atoms with E-state index in [1.54, 1.807) is 0 Å². The molecule has 0 unspecified atom stereocenters. The zero-order chi connectivity index (χ0) is 14.9. The van der Waals surface area contributed by atoms with Crippen LogP contribution in [0.25, 0.3) is 11.1 Å². The van der Waals surface area contributed by atoms with Gasteiger partial charge in [0.1, 0.15) is 11.6 Å². The molecule has 0 bridgehead atoms. The standard InChI is InChI=1S/C14H10F5N/c15-10-2-3-11(9(5-10)7-20)8-1-4-13(16)12(6-8)14(17,18)19/h1-6H,7,20H2. The molecule has 0 aliphatic heterocycles. The molecule has 0 heterocycles. The van der Waals surface area contributed by atoms with E-state index in [0.29, 0.717) is 17.2 Å². The Kier molecular flexibility index (Phi) is 3.76. The van der Waals surface area contributed by atoms with Gasteiger partial charge in [-0.15, -0.1) is 0 Å². The molecular weight excluding hydrogens is 277 g/mol. The summed E-state index contributed by atoms with van der Waals surface area (Å²) in [5.74, 6) is -1.88. The minimum Gasteiger partial charge on any atom is -0.326 e. The molecule has 0 aliphatic carbocycles. The van der Waals surface area contributed by atoms with E-state index >= 15 is 0 Å². The fraction of sp³-hybridized carbons (Fsp3) is 0.143. The maximum Gasteiger partial charge on any atom is 0.419 e. The highest BCUT2D eigenvalue weighted by Crippen LogP contribution is 2.35. The summed E-state index contributed by atoms with van der Waals surface area (Å²) in [6.07, 6.45) is -4.79. The first-order chi connectivity index (χ1) is 9.32. The van der Waals surface area contributed by atoms with Crippen LogP contribution in [0, 0.1) is 11.6 Å². The van der Waals surface area contributed by atoms with Gasteiger partial charge < -0.3 is 5.73 Å². The first kappa shape index (κ1) is 14.5. The Morgan fingerprint density at radius 1 is 0.950 bits per heavy atom. The highest BCUT2D eigenvalue weighted by Gasteiger charge is 2.34. The number of benzene rings is 2. The van der Waals surface area contributed by atoms with Crippen molar-refractivity contribution in [3.05, 3.63) is 59.2 Å². The Bertz CT molecular complexity index is 634. The van der Waals surface area contributed by atoms with Crippen LogP contribution in [0.1, 0.15) is 11.1 Å². The van der Waals surface area contributed by atoms with E-state index in [2.05, 4.69) is 0 Å². The van der Waals surface area contributed by atoms with Gasteiger partial charge in [-0.3, -0.25) is 0 Å². The number of alkyl halides is 3. The Hall–Kier alpha value is -1.95. The molecule has 0 spiro atoms. The van der Waals surface area contributed by atoms with Gasteiger partial charge in [-0.05, 0) is 41.0 Å². The monoisotopic (exact) mass is 287 g/mol. The first-order valence-corrected chi connectivity index (χ1v) is 5.68. The number of nitrogens with two attached hydrogens (primary N) is 1. The van der Waals surface area contributed by atoms with Crippen molar-refractivity contribution in [3.63, 3.8) is 0 Å². The van der Waals surface area contributed by atoms with Gasteiger partial charge in [0, 0.05) is 6.54 Å². The minimum atomic E-state index is -4.79. The smallest absolute Gasteiger partial charge is 0.326 e. The van der Waals surface area contributed by atoms with Crippen molar-refractivity contribution in [3.8, 4) is 11.1 Å². The summed E-state index contributed by atoms with van der Waals surface area (Å²) in [5, 5.41) is 0. The largest absolute Gasteiger partial charge is 0.419 e. The summed E-state index contributed by atoms with van der Waals surface area (Å²) < 4.78 is 64.3. The second kappa shape index (κ2) is 5.20. The highest BCUT2D eigenvalue weighted by atomic mass is 19.4. The Morgan fingerprint density at radius 2 is 1.65 bits per heavy atom. The van der Waals surface area contributed by atoms with Crippen molar-refractivity contribution < 1.29 is 22.0 Å². The lowest BCUT2D eigenvalue weighted by molar-refractivity contribution is -0.139. The molecule has 0 aliphatic rings. The maximum absolute atomic E-state index is 13.2. The molecule has 2 aromatic rings. The SMILES string of the molecule is NCc1cc(F)ccc1-c1ccc(F)c(C(F)(F)F)c1. The number of rotatable bonds is 2. The summed E-state index contributed by atoms with van der Waals surface area (Å²) in [7, 11) is 0. The van der Waals surface area contributed by atoms with E-state index in [1.165, 1.54) is 12.1 Å². The zero-order valence-corrected chi connectivity index (χ0v) is 10.1. The van der Waals surface area contributed by atoms with Crippen LogP contribution in [0.2, 0.25) is 0 Å². The zero-order valence-electron chi connectivity index (χ0n) is 10.1. The molecule has 2 N–H and O–H groups in total. The predicted molar refractivity (Wildman–Crippen MR) is 64.7 cm³/mol. The Balaban J connectivity index is 2.60. The van der Waals surface area contributed by atoms with Gasteiger partial charge in [0.15, 0.2) is 0 Å². The van der Waals surface area contributed by atoms with Crippen LogP contribution in [-0.2, 0) is 12.7 Å². The third-order valence-electron chi connectivity index (χ3n) is 2.87. The fourth-order valence-corrected chi connectivity index (χ4v) is 1.92. The summed E-state index contributed by atoms with van der Waals surface area (Å²) in [6.45, 7) is -0.0359. The van der Waals surface area contributed by atoms with Crippen LogP contribution in [0.5, 0.6) is 0 Å². The lowest BCUT2D eigenvalue weighted by Crippen LogP contribution is -2.08. The summed E-state index contributed by atoms with van der Waals surface area (Å²) >= 11 is 0. The maximum atomic E-state index is 13.2. The van der Waals surface area contributed by atoms with Crippen molar-refractivity contribution in [2.45, 2.75) is 12.7 Å². The van der Waals surface area contributed by atoms with Crippen LogP contribution in [0.15, 0.2) is 36.4 Å². The molecule has 20 heavy (non-hydrogen) atoms. The summed E-state index contributed by atoms with van der Waals surface area (Å²) in [6, 6.07) is 6.22. The normalized spacial score (nSPS) is 11.7. The molecule has 0 saturated carbocycles. The van der Waals surface area contributed by atoms with Gasteiger partial charge >= 0.3 is 6.18 Å². The number of halogens is 5. The van der Waals surface area contributed by atoms with Crippen LogP contribution >= 0.6 is 0 Å². The van der Waals surface area contributed by atoms with Crippen LogP contribution in [0.3, 0.4) is 0 Å². The Morgan fingerprint density at radius 3 is 2.25 bits per heavy atom. The summed E-state index contributed by atoms with van der Waals surface area (Å²) in [5.41, 5.74) is 4.93. The quantitative estimate of drug-likeness (QED) is 0.826. The van der Waals surface area contributed by atoms with Crippen molar-refractivity contribution in [1.29, 1.82) is 0 Å². The van der Waals surface area contributed by atoms with Crippen molar-refractivity contribution in [1.82, 2.24) is 0 Å². The van der Waals surface area contributed by atoms with E-state index in [4.69, 9.17) is 5.73 Å². The lowest BCUT2D eigenvalue weighted by Gasteiger charge is -2.12. The molecular formula is C14H10F5N. The van der Waals surface area contributed by atoms with Gasteiger partial charge in [0.25, 0.3) is 0 Å². The molecule has 2 rings (SSSR count). The minimum absolute atomic E-state index is 0.0359. The van der Waals surface area contributed by atoms with E-state index in [-0.39, 0.29) is 12.1 Å². The molecule has 0 atom stereocenters. The van der Waals surface area contributed by atoms with Gasteiger partial charge in [-0.2, -0.15) is 13.2 Å². The molecule has 6 heteroatoms. The third kappa shape index (κ3) is 2.80. The van der Waals surface area contributed by atoms with Gasteiger partial charge in [0.05, 0.1) is 5.56 Å². The molecule has 0 saturated heterocycles. The Labute approximate surface area is 111 Å². The molecule has 0 fully saturated rings. The third-order valence-corrected chi connectivity index (χ3v) is 2.87. The van der Waals surface area contributed by atoms with Crippen LogP contribution < -0.4 is 5.73 Å². The number of hydrogen-bond donors (Lipinski definition) is 1. The van der Waals surface area contributed by atoms with E-state index < -0.39 is 23.4 Å². The molecule has 1 nitrogen and oxygen atoms in total. The molecule has 106 valence electrons. The van der Waals surface area contributed by atoms with Crippen LogP contribution in [0.4, 0.5) is 22.0 Å². The second-order valence-electron chi connectivity index (χ2n) is 4.20.